The molecule has 8 heteroatoms. The van der Waals surface area contributed by atoms with E-state index in [9.17, 15) is 9.59 Å². The second-order valence-electron chi connectivity index (χ2n) is 6.84. The average Bonchev–Trinajstić information content (AvgIpc) is 2.76. The van der Waals surface area contributed by atoms with Crippen LogP contribution in [0.1, 0.15) is 11.3 Å². The Hall–Kier alpha value is -3.84. The van der Waals surface area contributed by atoms with Crippen LogP contribution in [-0.4, -0.2) is 15.4 Å². The third kappa shape index (κ3) is 4.84. The minimum atomic E-state index is -0.405. The summed E-state index contributed by atoms with van der Waals surface area (Å²) in [5, 5.41) is 5.88. The first-order valence-corrected chi connectivity index (χ1v) is 9.91. The summed E-state index contributed by atoms with van der Waals surface area (Å²) >= 11 is 6.04. The molecule has 2 heterocycles. The lowest BCUT2D eigenvalue weighted by atomic mass is 10.3. The van der Waals surface area contributed by atoms with Crippen LogP contribution in [0.4, 0.5) is 16.2 Å². The van der Waals surface area contributed by atoms with Crippen LogP contribution in [0.25, 0.3) is 5.65 Å². The van der Waals surface area contributed by atoms with Gasteiger partial charge in [-0.25, -0.2) is 9.78 Å². The average molecular weight is 435 g/mol. The topological polar surface area (TPSA) is 84.7 Å². The van der Waals surface area contributed by atoms with Gasteiger partial charge in [0, 0.05) is 18.0 Å². The second kappa shape index (κ2) is 8.89. The first kappa shape index (κ1) is 20.4. The summed E-state index contributed by atoms with van der Waals surface area (Å²) < 4.78 is 7.26. The molecule has 7 nitrogen and oxygen atoms in total. The van der Waals surface area contributed by atoms with Crippen molar-refractivity contribution in [2.75, 3.05) is 10.6 Å². The maximum Gasteiger partial charge on any atom is 0.323 e. The summed E-state index contributed by atoms with van der Waals surface area (Å²) in [6.07, 6.45) is 1.69. The van der Waals surface area contributed by atoms with Crippen LogP contribution >= 0.6 is 11.6 Å². The number of pyridine rings is 1. The van der Waals surface area contributed by atoms with E-state index in [1.54, 1.807) is 54.7 Å². The van der Waals surface area contributed by atoms with E-state index >= 15 is 0 Å². The van der Waals surface area contributed by atoms with Gasteiger partial charge in [0.25, 0.3) is 5.56 Å². The highest BCUT2D eigenvalue weighted by atomic mass is 35.5. The van der Waals surface area contributed by atoms with E-state index in [2.05, 4.69) is 15.6 Å². The number of para-hydroxylation sites is 1. The van der Waals surface area contributed by atoms with Gasteiger partial charge < -0.3 is 15.4 Å². The van der Waals surface area contributed by atoms with Gasteiger partial charge in [-0.2, -0.15) is 0 Å². The van der Waals surface area contributed by atoms with E-state index in [1.807, 2.05) is 19.1 Å². The van der Waals surface area contributed by atoms with Gasteiger partial charge in [0.2, 0.25) is 0 Å². The number of aromatic nitrogens is 2. The quantitative estimate of drug-likeness (QED) is 0.469. The fourth-order valence-electron chi connectivity index (χ4n) is 3.02. The Morgan fingerprint density at radius 1 is 1.06 bits per heavy atom. The molecule has 2 aromatic heterocycles. The molecule has 4 aromatic rings. The third-order valence-electron chi connectivity index (χ3n) is 4.56. The maximum atomic E-state index is 12.3. The molecule has 4 rings (SSSR count). The van der Waals surface area contributed by atoms with E-state index in [1.165, 1.54) is 10.5 Å². The Kier molecular flexibility index (Phi) is 5.86. The number of carbonyl (C=O) groups excluding carboxylic acids is 1. The molecule has 0 saturated heterocycles. The molecule has 2 amide bonds. The van der Waals surface area contributed by atoms with Gasteiger partial charge >= 0.3 is 6.03 Å². The van der Waals surface area contributed by atoms with Crippen LogP contribution in [0.15, 0.2) is 77.7 Å². The molecule has 0 saturated carbocycles. The van der Waals surface area contributed by atoms with E-state index in [0.29, 0.717) is 33.5 Å². The number of hydrogen-bond donors (Lipinski definition) is 2. The molecule has 0 aliphatic carbocycles. The van der Waals surface area contributed by atoms with Crippen LogP contribution in [-0.2, 0) is 6.61 Å². The minimum absolute atomic E-state index is 0.153. The predicted octanol–water partition coefficient (Wildman–Crippen LogP) is 4.88. The normalized spacial score (nSPS) is 10.6. The van der Waals surface area contributed by atoms with Gasteiger partial charge in [-0.1, -0.05) is 29.8 Å². The Morgan fingerprint density at radius 2 is 1.84 bits per heavy atom. The highest BCUT2D eigenvalue weighted by Gasteiger charge is 2.07. The molecular weight excluding hydrogens is 416 g/mol. The Bertz CT molecular complexity index is 1300. The lowest BCUT2D eigenvalue weighted by Gasteiger charge is -2.10. The summed E-state index contributed by atoms with van der Waals surface area (Å²) in [5.41, 5.74) is 3.02. The fourth-order valence-corrected chi connectivity index (χ4v) is 3.20. The van der Waals surface area contributed by atoms with Gasteiger partial charge in [-0.15, -0.1) is 0 Å². The van der Waals surface area contributed by atoms with Crippen LogP contribution in [0.5, 0.6) is 5.75 Å². The van der Waals surface area contributed by atoms with Crippen molar-refractivity contribution in [3.8, 4) is 5.75 Å². The summed E-state index contributed by atoms with van der Waals surface area (Å²) in [5.74, 6) is 0.587. The van der Waals surface area contributed by atoms with Gasteiger partial charge in [-0.3, -0.25) is 9.20 Å². The molecule has 0 fully saturated rings. The van der Waals surface area contributed by atoms with Gasteiger partial charge in [0.15, 0.2) is 0 Å². The molecule has 0 bridgehead atoms. The summed E-state index contributed by atoms with van der Waals surface area (Å²) in [7, 11) is 0. The largest absolute Gasteiger partial charge is 0.487 e. The lowest BCUT2D eigenvalue weighted by Crippen LogP contribution is -2.19. The Labute approximate surface area is 183 Å². The number of amides is 2. The van der Waals surface area contributed by atoms with Crippen LogP contribution < -0.4 is 20.9 Å². The Morgan fingerprint density at radius 3 is 2.61 bits per heavy atom. The number of carbonyl (C=O) groups is 1. The number of aryl methyl sites for hydroxylation is 1. The molecule has 31 heavy (non-hydrogen) atoms. The zero-order valence-corrected chi connectivity index (χ0v) is 17.4. The first-order valence-electron chi connectivity index (χ1n) is 9.53. The van der Waals surface area contributed by atoms with E-state index in [0.717, 1.165) is 5.56 Å². The molecule has 0 aliphatic heterocycles. The molecular formula is C23H19ClN4O3. The molecule has 0 spiro atoms. The van der Waals surface area contributed by atoms with Crippen molar-refractivity contribution in [1.82, 2.24) is 9.38 Å². The summed E-state index contributed by atoms with van der Waals surface area (Å²) in [4.78, 5) is 28.9. The molecule has 0 unspecified atom stereocenters. The van der Waals surface area contributed by atoms with E-state index < -0.39 is 6.03 Å². The molecule has 0 radical (unpaired) electrons. The highest BCUT2D eigenvalue weighted by Crippen LogP contribution is 2.21. The van der Waals surface area contributed by atoms with E-state index in [-0.39, 0.29) is 12.2 Å². The standard InChI is InChI=1S/C23H19ClN4O3/c1-15-5-4-12-28-21(29)13-17(25-22(15)28)14-31-18-10-8-16(9-11-18)26-23(30)27-20-7-3-2-6-19(20)24/h2-13H,14H2,1H3,(H2,26,27,30). The van der Waals surface area contributed by atoms with Gasteiger partial charge in [0.1, 0.15) is 18.0 Å². The number of benzene rings is 2. The zero-order chi connectivity index (χ0) is 21.8. The van der Waals surface area contributed by atoms with Crippen molar-refractivity contribution in [2.45, 2.75) is 13.5 Å². The van der Waals surface area contributed by atoms with Crippen molar-refractivity contribution in [3.05, 3.63) is 99.6 Å². The molecule has 156 valence electrons. The van der Waals surface area contributed by atoms with Crippen molar-refractivity contribution >= 4 is 34.7 Å². The molecule has 2 aromatic carbocycles. The number of hydrogen-bond acceptors (Lipinski definition) is 4. The minimum Gasteiger partial charge on any atom is -0.487 e. The monoisotopic (exact) mass is 434 g/mol. The maximum absolute atomic E-state index is 12.3. The number of nitrogens with one attached hydrogen (secondary N) is 2. The van der Waals surface area contributed by atoms with Crippen molar-refractivity contribution in [1.29, 1.82) is 0 Å². The smallest absolute Gasteiger partial charge is 0.323 e. The zero-order valence-electron chi connectivity index (χ0n) is 16.6. The molecule has 0 atom stereocenters. The highest BCUT2D eigenvalue weighted by molar-refractivity contribution is 6.33. The number of urea groups is 1. The predicted molar refractivity (Wildman–Crippen MR) is 121 cm³/mol. The first-order chi connectivity index (χ1) is 15.0. The van der Waals surface area contributed by atoms with Crippen molar-refractivity contribution in [2.24, 2.45) is 0 Å². The van der Waals surface area contributed by atoms with Crippen molar-refractivity contribution in [3.63, 3.8) is 0 Å². The van der Waals surface area contributed by atoms with Gasteiger partial charge in [-0.05, 0) is 55.0 Å². The number of rotatable bonds is 5. The number of halogens is 1. The Balaban J connectivity index is 1.38. The van der Waals surface area contributed by atoms with E-state index in [4.69, 9.17) is 16.3 Å². The van der Waals surface area contributed by atoms with Gasteiger partial charge in [0.05, 0.1) is 16.4 Å². The number of anilines is 2. The fraction of sp³-hybridized carbons (Fsp3) is 0.0870. The van der Waals surface area contributed by atoms with Crippen LogP contribution in [0.2, 0.25) is 5.02 Å². The second-order valence-corrected chi connectivity index (χ2v) is 7.25. The molecule has 2 N–H and O–H groups in total. The number of ether oxygens (including phenoxy) is 1. The number of nitrogens with zero attached hydrogens (tertiary/aromatic N) is 2. The number of fused-ring (bicyclic) bond motifs is 1. The van der Waals surface area contributed by atoms with Crippen LogP contribution in [0, 0.1) is 6.92 Å². The SMILES string of the molecule is Cc1cccn2c(=O)cc(COc3ccc(NC(=O)Nc4ccccc4Cl)cc3)nc12. The van der Waals surface area contributed by atoms with Crippen LogP contribution in [0.3, 0.4) is 0 Å². The molecule has 0 aliphatic rings. The third-order valence-corrected chi connectivity index (χ3v) is 4.89. The lowest BCUT2D eigenvalue weighted by molar-refractivity contribution is 0.262. The van der Waals surface area contributed by atoms with Crippen molar-refractivity contribution < 1.29 is 9.53 Å². The summed E-state index contributed by atoms with van der Waals surface area (Å²) in [6, 6.07) is 18.6. The summed E-state index contributed by atoms with van der Waals surface area (Å²) in [6.45, 7) is 2.06.